The van der Waals surface area contributed by atoms with E-state index in [-0.39, 0.29) is 5.92 Å². The number of nitrogens with one attached hydrogen (secondary N) is 1. The Morgan fingerprint density at radius 2 is 1.76 bits per heavy atom. The first-order valence-corrected chi connectivity index (χ1v) is 16.6. The van der Waals surface area contributed by atoms with E-state index in [4.69, 9.17) is 9.47 Å². The maximum absolute atomic E-state index is 13.4. The third-order valence-electron chi connectivity index (χ3n) is 9.30. The summed E-state index contributed by atoms with van der Waals surface area (Å²) >= 11 is 0. The van der Waals surface area contributed by atoms with Gasteiger partial charge in [-0.25, -0.2) is 4.72 Å². The molecule has 2 aromatic carbocycles. The molecule has 1 saturated carbocycles. The molecule has 2 aliphatic heterocycles. The van der Waals surface area contributed by atoms with Crippen molar-refractivity contribution in [2.75, 3.05) is 47.4 Å². The summed E-state index contributed by atoms with van der Waals surface area (Å²) in [4.78, 5) is 15.6. The zero-order valence-corrected chi connectivity index (χ0v) is 25.7. The number of carbonyl (C=O) groups is 1. The van der Waals surface area contributed by atoms with Crippen LogP contribution in [0.4, 0.5) is 0 Å². The van der Waals surface area contributed by atoms with Crippen molar-refractivity contribution >= 4 is 27.0 Å². The lowest BCUT2D eigenvalue weighted by molar-refractivity contribution is 0.0979. The van der Waals surface area contributed by atoms with Crippen LogP contribution in [-0.2, 0) is 16.8 Å². The largest absolute Gasteiger partial charge is 0.497 e. The fourth-order valence-corrected chi connectivity index (χ4v) is 7.77. The molecular formula is C32H42N4O5S. The summed E-state index contributed by atoms with van der Waals surface area (Å²) in [5, 5.41) is 1.13. The SMILES string of the molecule is COc1ccc2c(c1)OC[C@@H]1CCN(C)CCCN(C)S(=O)(=O)NC(=O)c3ccc4c(C5CCCCC5)c-2n(c4c3)C1. The summed E-state index contributed by atoms with van der Waals surface area (Å²) in [7, 11) is 1.30. The highest BCUT2D eigenvalue weighted by molar-refractivity contribution is 7.87. The molecule has 6 rings (SSSR count). The first-order valence-electron chi connectivity index (χ1n) is 15.2. The van der Waals surface area contributed by atoms with E-state index in [0.29, 0.717) is 31.1 Å². The van der Waals surface area contributed by atoms with Gasteiger partial charge in [0.2, 0.25) is 0 Å². The number of nitrogens with zero attached hydrogens (tertiary/aromatic N) is 3. The first kappa shape index (κ1) is 29.0. The third kappa shape index (κ3) is 5.64. The van der Waals surface area contributed by atoms with Crippen LogP contribution in [0.1, 0.15) is 66.8 Å². The van der Waals surface area contributed by atoms with E-state index >= 15 is 0 Å². The van der Waals surface area contributed by atoms with E-state index in [1.165, 1.54) is 36.2 Å². The minimum Gasteiger partial charge on any atom is -0.497 e. The van der Waals surface area contributed by atoms with E-state index in [1.54, 1.807) is 13.2 Å². The number of benzene rings is 2. The van der Waals surface area contributed by atoms with E-state index < -0.39 is 16.1 Å². The third-order valence-corrected chi connectivity index (χ3v) is 10.7. The molecular weight excluding hydrogens is 552 g/mol. The lowest BCUT2D eigenvalue weighted by Gasteiger charge is -2.29. The Morgan fingerprint density at radius 1 is 0.952 bits per heavy atom. The molecule has 3 aliphatic rings. The Bertz CT molecular complexity index is 1580. The molecule has 42 heavy (non-hydrogen) atoms. The van der Waals surface area contributed by atoms with Gasteiger partial charge < -0.3 is 18.9 Å². The van der Waals surface area contributed by atoms with Crippen LogP contribution in [0.5, 0.6) is 11.5 Å². The van der Waals surface area contributed by atoms with Crippen LogP contribution in [0.15, 0.2) is 36.4 Å². The maximum Gasteiger partial charge on any atom is 0.303 e. The van der Waals surface area contributed by atoms with Crippen molar-refractivity contribution in [3.63, 3.8) is 0 Å². The van der Waals surface area contributed by atoms with Crippen molar-refractivity contribution in [3.05, 3.63) is 47.5 Å². The number of fused-ring (bicyclic) bond motifs is 4. The van der Waals surface area contributed by atoms with Gasteiger partial charge in [-0.1, -0.05) is 25.3 Å². The zero-order chi connectivity index (χ0) is 29.4. The fraction of sp³-hybridized carbons (Fsp3) is 0.531. The van der Waals surface area contributed by atoms with Gasteiger partial charge in [0.05, 0.1) is 19.4 Å². The Hall–Kier alpha value is -3.08. The van der Waals surface area contributed by atoms with Crippen molar-refractivity contribution < 1.29 is 22.7 Å². The van der Waals surface area contributed by atoms with Gasteiger partial charge in [0, 0.05) is 54.2 Å². The molecule has 1 fully saturated rings. The summed E-state index contributed by atoms with van der Waals surface area (Å²) in [5.41, 5.74) is 4.81. The van der Waals surface area contributed by atoms with Gasteiger partial charge in [-0.15, -0.1) is 0 Å². The molecule has 1 N–H and O–H groups in total. The van der Waals surface area contributed by atoms with Crippen molar-refractivity contribution in [2.24, 2.45) is 5.92 Å². The van der Waals surface area contributed by atoms with Gasteiger partial charge in [-0.3, -0.25) is 4.79 Å². The average Bonchev–Trinajstić information content (AvgIpc) is 3.29. The number of methoxy groups -OCH3 is 1. The van der Waals surface area contributed by atoms with E-state index in [0.717, 1.165) is 72.6 Å². The van der Waals surface area contributed by atoms with Crippen molar-refractivity contribution in [1.82, 2.24) is 18.5 Å². The highest BCUT2D eigenvalue weighted by Crippen LogP contribution is 2.48. The van der Waals surface area contributed by atoms with E-state index in [2.05, 4.69) is 27.3 Å². The Morgan fingerprint density at radius 3 is 2.55 bits per heavy atom. The van der Waals surface area contributed by atoms with Crippen LogP contribution in [0.25, 0.3) is 22.2 Å². The van der Waals surface area contributed by atoms with Gasteiger partial charge in [-0.2, -0.15) is 12.7 Å². The van der Waals surface area contributed by atoms with Gasteiger partial charge in [0.15, 0.2) is 0 Å². The molecule has 0 radical (unpaired) electrons. The number of hydrogen-bond acceptors (Lipinski definition) is 6. The summed E-state index contributed by atoms with van der Waals surface area (Å²) in [6.45, 7) is 3.29. The second-order valence-corrected chi connectivity index (χ2v) is 14.0. The van der Waals surface area contributed by atoms with Crippen LogP contribution in [0, 0.1) is 5.92 Å². The lowest BCUT2D eigenvalue weighted by Crippen LogP contribution is -2.42. The molecule has 1 atom stereocenters. The average molecular weight is 595 g/mol. The smallest absolute Gasteiger partial charge is 0.303 e. The van der Waals surface area contributed by atoms with Crippen LogP contribution in [-0.4, -0.2) is 75.5 Å². The molecule has 4 bridgehead atoms. The van der Waals surface area contributed by atoms with Crippen LogP contribution in [0.2, 0.25) is 0 Å². The summed E-state index contributed by atoms with van der Waals surface area (Å²) < 4.78 is 44.1. The Balaban J connectivity index is 1.58. The molecule has 1 aliphatic carbocycles. The molecule has 3 heterocycles. The highest BCUT2D eigenvalue weighted by atomic mass is 32.2. The predicted molar refractivity (Wildman–Crippen MR) is 164 cm³/mol. The van der Waals surface area contributed by atoms with Gasteiger partial charge in [-0.05, 0) is 81.6 Å². The number of ether oxygens (including phenoxy) is 2. The number of aromatic nitrogens is 1. The molecule has 1 amide bonds. The monoisotopic (exact) mass is 594 g/mol. The minimum absolute atomic E-state index is 0.244. The second-order valence-electron chi connectivity index (χ2n) is 12.2. The van der Waals surface area contributed by atoms with E-state index in [1.807, 2.05) is 24.3 Å². The summed E-state index contributed by atoms with van der Waals surface area (Å²) in [6.07, 6.45) is 7.50. The first-order chi connectivity index (χ1) is 20.2. The van der Waals surface area contributed by atoms with Crippen molar-refractivity contribution in [3.8, 4) is 22.8 Å². The maximum atomic E-state index is 13.4. The molecule has 9 nitrogen and oxygen atoms in total. The number of hydrogen-bond donors (Lipinski definition) is 1. The van der Waals surface area contributed by atoms with Crippen LogP contribution in [0.3, 0.4) is 0 Å². The molecule has 0 spiro atoms. The van der Waals surface area contributed by atoms with Gasteiger partial charge in [0.1, 0.15) is 11.5 Å². The Labute approximate surface area is 248 Å². The normalized spacial score (nSPS) is 22.7. The van der Waals surface area contributed by atoms with Crippen molar-refractivity contribution in [1.29, 1.82) is 0 Å². The van der Waals surface area contributed by atoms with Crippen LogP contribution >= 0.6 is 0 Å². The quantitative estimate of drug-likeness (QED) is 0.449. The molecule has 0 saturated heterocycles. The number of rotatable bonds is 2. The minimum atomic E-state index is -3.96. The van der Waals surface area contributed by atoms with Crippen molar-refractivity contribution in [2.45, 2.75) is 57.4 Å². The Kier molecular flexibility index (Phi) is 8.22. The molecule has 3 aromatic rings. The fourth-order valence-electron chi connectivity index (χ4n) is 6.89. The molecule has 226 valence electrons. The highest BCUT2D eigenvalue weighted by Gasteiger charge is 2.32. The van der Waals surface area contributed by atoms with E-state index in [9.17, 15) is 13.2 Å². The molecule has 0 unspecified atom stereocenters. The van der Waals surface area contributed by atoms with Crippen LogP contribution < -0.4 is 14.2 Å². The molecule has 10 heteroatoms. The number of carbonyl (C=O) groups excluding carboxylic acids is 1. The van der Waals surface area contributed by atoms with Gasteiger partial charge in [0.25, 0.3) is 5.91 Å². The van der Waals surface area contributed by atoms with Gasteiger partial charge >= 0.3 is 10.2 Å². The lowest BCUT2D eigenvalue weighted by atomic mass is 9.81. The summed E-state index contributed by atoms with van der Waals surface area (Å²) in [6, 6.07) is 11.8. The standard InChI is InChI=1S/C32H42N4O5S/c1-34-15-7-16-35(2)42(38,39)33-32(37)24-10-12-26-28(18-24)36-20-22(14-17-34)21-41-29-19-25(40-3)11-13-27(29)31(36)30(26)23-8-5-4-6-9-23/h10-13,18-19,22-23H,4-9,14-17,20-21H2,1-3H3,(H,33,37)/t22-/m1/s1. The second kappa shape index (κ2) is 11.9. The summed E-state index contributed by atoms with van der Waals surface area (Å²) in [5.74, 6) is 1.61. The number of amides is 1. The molecule has 1 aromatic heterocycles. The zero-order valence-electron chi connectivity index (χ0n) is 24.9. The predicted octanol–water partition coefficient (Wildman–Crippen LogP) is 5.01. The topological polar surface area (TPSA) is 93.1 Å².